The highest BCUT2D eigenvalue weighted by Crippen LogP contribution is 2.26. The van der Waals surface area contributed by atoms with E-state index in [9.17, 15) is 4.79 Å². The standard InChI is InChI=1S/C21H21N3O2/c1-23-14-16(13-20(23)25)15-24-12-11-22-21(24)17-7-9-19(10-8-17)26-18-5-3-2-4-6-18/h2-12,16H,13-15H2,1H3. The number of ether oxygens (including phenoxy) is 1. The molecule has 1 fully saturated rings. The third-order valence-corrected chi connectivity index (χ3v) is 4.68. The summed E-state index contributed by atoms with van der Waals surface area (Å²) in [4.78, 5) is 18.0. The van der Waals surface area contributed by atoms with Crippen molar-refractivity contribution < 1.29 is 9.53 Å². The molecule has 0 radical (unpaired) electrons. The first kappa shape index (κ1) is 16.4. The molecule has 1 saturated heterocycles. The second-order valence-corrected chi connectivity index (χ2v) is 6.69. The third kappa shape index (κ3) is 3.47. The van der Waals surface area contributed by atoms with Crippen LogP contribution >= 0.6 is 0 Å². The van der Waals surface area contributed by atoms with Crippen molar-refractivity contribution >= 4 is 5.91 Å². The number of hydrogen-bond donors (Lipinski definition) is 0. The topological polar surface area (TPSA) is 47.4 Å². The highest BCUT2D eigenvalue weighted by Gasteiger charge is 2.27. The van der Waals surface area contributed by atoms with Gasteiger partial charge in [-0.25, -0.2) is 4.98 Å². The van der Waals surface area contributed by atoms with Crippen molar-refractivity contribution in [2.45, 2.75) is 13.0 Å². The van der Waals surface area contributed by atoms with E-state index in [0.29, 0.717) is 12.3 Å². The van der Waals surface area contributed by atoms with E-state index in [1.165, 1.54) is 0 Å². The predicted molar refractivity (Wildman–Crippen MR) is 99.9 cm³/mol. The van der Waals surface area contributed by atoms with Gasteiger partial charge in [0.1, 0.15) is 17.3 Å². The van der Waals surface area contributed by atoms with Gasteiger partial charge in [-0.3, -0.25) is 4.79 Å². The van der Waals surface area contributed by atoms with E-state index in [1.54, 1.807) is 4.90 Å². The fourth-order valence-electron chi connectivity index (χ4n) is 3.37. The zero-order chi connectivity index (χ0) is 17.9. The summed E-state index contributed by atoms with van der Waals surface area (Å²) in [7, 11) is 1.86. The quantitative estimate of drug-likeness (QED) is 0.705. The summed E-state index contributed by atoms with van der Waals surface area (Å²) in [6.45, 7) is 1.61. The molecule has 1 aliphatic rings. The lowest BCUT2D eigenvalue weighted by Gasteiger charge is -2.13. The van der Waals surface area contributed by atoms with Crippen LogP contribution in [-0.4, -0.2) is 34.0 Å². The molecule has 0 saturated carbocycles. The van der Waals surface area contributed by atoms with Crippen LogP contribution < -0.4 is 4.74 Å². The minimum absolute atomic E-state index is 0.221. The highest BCUT2D eigenvalue weighted by molar-refractivity contribution is 5.78. The number of likely N-dealkylation sites (tertiary alicyclic amines) is 1. The van der Waals surface area contributed by atoms with Crippen molar-refractivity contribution in [2.24, 2.45) is 5.92 Å². The van der Waals surface area contributed by atoms with Crippen LogP contribution in [0.15, 0.2) is 67.0 Å². The molecule has 3 aromatic rings. The molecule has 0 aliphatic carbocycles. The Morgan fingerprint density at radius 1 is 1.08 bits per heavy atom. The van der Waals surface area contributed by atoms with E-state index in [2.05, 4.69) is 9.55 Å². The highest BCUT2D eigenvalue weighted by atomic mass is 16.5. The molecule has 1 unspecified atom stereocenters. The van der Waals surface area contributed by atoms with Crippen molar-refractivity contribution in [3.05, 3.63) is 67.0 Å². The van der Waals surface area contributed by atoms with Crippen LogP contribution in [0.5, 0.6) is 11.5 Å². The van der Waals surface area contributed by atoms with Crippen molar-refractivity contribution in [2.75, 3.05) is 13.6 Å². The molecule has 1 aromatic heterocycles. The summed E-state index contributed by atoms with van der Waals surface area (Å²) in [6.07, 6.45) is 4.40. The zero-order valence-corrected chi connectivity index (χ0v) is 14.7. The number of benzene rings is 2. The summed E-state index contributed by atoms with van der Waals surface area (Å²) in [5.41, 5.74) is 1.04. The van der Waals surface area contributed by atoms with Crippen molar-refractivity contribution in [3.63, 3.8) is 0 Å². The molecule has 2 aromatic carbocycles. The Labute approximate surface area is 152 Å². The van der Waals surface area contributed by atoms with Gasteiger partial charge in [0.05, 0.1) is 0 Å². The lowest BCUT2D eigenvalue weighted by atomic mass is 10.1. The van der Waals surface area contributed by atoms with Crippen molar-refractivity contribution in [1.29, 1.82) is 0 Å². The van der Waals surface area contributed by atoms with Gasteiger partial charge < -0.3 is 14.2 Å². The Balaban J connectivity index is 1.48. The fraction of sp³-hybridized carbons (Fsp3) is 0.238. The van der Waals surface area contributed by atoms with Crippen LogP contribution in [0.4, 0.5) is 0 Å². The summed E-state index contributed by atoms with van der Waals surface area (Å²) >= 11 is 0. The van der Waals surface area contributed by atoms with Crippen molar-refractivity contribution in [1.82, 2.24) is 14.5 Å². The molecular formula is C21H21N3O2. The van der Waals surface area contributed by atoms with E-state index in [0.717, 1.165) is 36.0 Å². The number of hydrogen-bond acceptors (Lipinski definition) is 3. The van der Waals surface area contributed by atoms with E-state index >= 15 is 0 Å². The number of nitrogens with zero attached hydrogens (tertiary/aromatic N) is 3. The first-order valence-corrected chi connectivity index (χ1v) is 8.77. The van der Waals surface area contributed by atoms with E-state index in [-0.39, 0.29) is 5.91 Å². The molecule has 5 heteroatoms. The first-order chi connectivity index (χ1) is 12.7. The van der Waals surface area contributed by atoms with Crippen LogP contribution in [0.3, 0.4) is 0 Å². The van der Waals surface area contributed by atoms with Crippen LogP contribution in [0.25, 0.3) is 11.4 Å². The minimum Gasteiger partial charge on any atom is -0.457 e. The number of carbonyl (C=O) groups excluding carboxylic acids is 1. The lowest BCUT2D eigenvalue weighted by molar-refractivity contribution is -0.126. The molecule has 0 N–H and O–H groups in total. The number of rotatable bonds is 5. The summed E-state index contributed by atoms with van der Waals surface area (Å²) in [6, 6.07) is 17.7. The summed E-state index contributed by atoms with van der Waals surface area (Å²) in [5.74, 6) is 3.08. The Hall–Kier alpha value is -3.08. The number of imidazole rings is 1. The normalized spacial score (nSPS) is 16.9. The van der Waals surface area contributed by atoms with Crippen LogP contribution in [-0.2, 0) is 11.3 Å². The smallest absolute Gasteiger partial charge is 0.222 e. The Morgan fingerprint density at radius 2 is 1.81 bits per heavy atom. The average Bonchev–Trinajstić information content (AvgIpc) is 3.23. The van der Waals surface area contributed by atoms with E-state index in [1.807, 2.05) is 74.0 Å². The largest absolute Gasteiger partial charge is 0.457 e. The molecule has 26 heavy (non-hydrogen) atoms. The molecule has 132 valence electrons. The van der Waals surface area contributed by atoms with Gasteiger partial charge in [-0.05, 0) is 36.4 Å². The first-order valence-electron chi connectivity index (χ1n) is 8.77. The van der Waals surface area contributed by atoms with Crippen LogP contribution in [0, 0.1) is 5.92 Å². The molecule has 5 nitrogen and oxygen atoms in total. The summed E-state index contributed by atoms with van der Waals surface area (Å²) < 4.78 is 7.97. The van der Waals surface area contributed by atoms with Gasteiger partial charge in [0, 0.05) is 50.4 Å². The van der Waals surface area contributed by atoms with Gasteiger partial charge in [0.2, 0.25) is 5.91 Å². The Kier molecular flexibility index (Phi) is 4.44. The molecule has 0 bridgehead atoms. The SMILES string of the molecule is CN1CC(Cn2ccnc2-c2ccc(Oc3ccccc3)cc2)CC1=O. The Bertz CT molecular complexity index is 887. The maximum atomic E-state index is 11.7. The average molecular weight is 347 g/mol. The maximum absolute atomic E-state index is 11.7. The maximum Gasteiger partial charge on any atom is 0.222 e. The number of carbonyl (C=O) groups is 1. The van der Waals surface area contributed by atoms with E-state index < -0.39 is 0 Å². The van der Waals surface area contributed by atoms with Gasteiger partial charge in [0.15, 0.2) is 0 Å². The van der Waals surface area contributed by atoms with Crippen molar-refractivity contribution in [3.8, 4) is 22.9 Å². The molecule has 1 amide bonds. The molecule has 0 spiro atoms. The second-order valence-electron chi connectivity index (χ2n) is 6.69. The molecule has 4 rings (SSSR count). The third-order valence-electron chi connectivity index (χ3n) is 4.68. The van der Waals surface area contributed by atoms with Gasteiger partial charge >= 0.3 is 0 Å². The molecule has 1 atom stereocenters. The predicted octanol–water partition coefficient (Wildman–Crippen LogP) is 3.82. The lowest BCUT2D eigenvalue weighted by Crippen LogP contribution is -2.20. The zero-order valence-electron chi connectivity index (χ0n) is 14.7. The van der Waals surface area contributed by atoms with E-state index in [4.69, 9.17) is 4.74 Å². The minimum atomic E-state index is 0.221. The van der Waals surface area contributed by atoms with Gasteiger partial charge in [-0.1, -0.05) is 18.2 Å². The number of aromatic nitrogens is 2. The number of para-hydroxylation sites is 1. The summed E-state index contributed by atoms with van der Waals surface area (Å²) in [5, 5.41) is 0. The Morgan fingerprint density at radius 3 is 2.50 bits per heavy atom. The molecular weight excluding hydrogens is 326 g/mol. The van der Waals surface area contributed by atoms with Gasteiger partial charge in [-0.2, -0.15) is 0 Å². The fourth-order valence-corrected chi connectivity index (χ4v) is 3.37. The van der Waals surface area contributed by atoms with Gasteiger partial charge in [0.25, 0.3) is 0 Å². The van der Waals surface area contributed by atoms with Crippen LogP contribution in [0.2, 0.25) is 0 Å². The molecule has 1 aliphatic heterocycles. The second kappa shape index (κ2) is 7.04. The van der Waals surface area contributed by atoms with Gasteiger partial charge in [-0.15, -0.1) is 0 Å². The molecule has 2 heterocycles. The number of amides is 1. The van der Waals surface area contributed by atoms with Crippen LogP contribution in [0.1, 0.15) is 6.42 Å². The monoisotopic (exact) mass is 347 g/mol.